The monoisotopic (exact) mass is 254 g/mol. The van der Waals surface area contributed by atoms with Crippen LogP contribution in [0.1, 0.15) is 37.4 Å². The van der Waals surface area contributed by atoms with E-state index in [2.05, 4.69) is 0 Å². The normalized spacial score (nSPS) is 13.1. The van der Waals surface area contributed by atoms with E-state index in [-0.39, 0.29) is 33.8 Å². The first kappa shape index (κ1) is 11.5. The molecule has 0 saturated heterocycles. The molecule has 94 valence electrons. The van der Waals surface area contributed by atoms with Crippen molar-refractivity contribution in [3.05, 3.63) is 58.1 Å². The van der Waals surface area contributed by atoms with Crippen LogP contribution in [0.5, 0.6) is 11.5 Å². The van der Waals surface area contributed by atoms with Crippen molar-refractivity contribution in [1.82, 2.24) is 0 Å². The number of ketones is 2. The van der Waals surface area contributed by atoms with Crippen LogP contribution in [0.25, 0.3) is 0 Å². The van der Waals surface area contributed by atoms with Crippen molar-refractivity contribution < 1.29 is 19.8 Å². The molecule has 0 aliphatic heterocycles. The molecule has 0 amide bonds. The number of phenols is 2. The summed E-state index contributed by atoms with van der Waals surface area (Å²) < 4.78 is 0. The van der Waals surface area contributed by atoms with Gasteiger partial charge in [0.15, 0.2) is 11.6 Å². The Morgan fingerprint density at radius 2 is 1.47 bits per heavy atom. The summed E-state index contributed by atoms with van der Waals surface area (Å²) in [6, 6.07) is 7.41. The Morgan fingerprint density at radius 1 is 0.842 bits per heavy atom. The number of carbonyl (C=O) groups excluding carboxylic acids is 2. The number of aromatic hydroxyl groups is 2. The van der Waals surface area contributed by atoms with Gasteiger partial charge in [0.25, 0.3) is 0 Å². The summed E-state index contributed by atoms with van der Waals surface area (Å²) >= 11 is 0. The zero-order valence-electron chi connectivity index (χ0n) is 10.1. The van der Waals surface area contributed by atoms with E-state index in [1.807, 2.05) is 0 Å². The highest BCUT2D eigenvalue weighted by Crippen LogP contribution is 2.37. The van der Waals surface area contributed by atoms with Crippen LogP contribution in [0.3, 0.4) is 0 Å². The number of hydrogen-bond acceptors (Lipinski definition) is 4. The molecule has 0 bridgehead atoms. The van der Waals surface area contributed by atoms with Crippen LogP contribution in [-0.2, 0) is 0 Å². The second kappa shape index (κ2) is 3.68. The van der Waals surface area contributed by atoms with Gasteiger partial charge in [-0.1, -0.05) is 18.2 Å². The van der Waals surface area contributed by atoms with Crippen LogP contribution in [0.2, 0.25) is 0 Å². The Labute approximate surface area is 108 Å². The standard InChI is InChI=1S/C15H10O4/c1-7-5-6-9-12(13(7)17)15(19)8-3-2-4-10(16)11(8)14(9)18/h2-6,16-17H,1H3. The summed E-state index contributed by atoms with van der Waals surface area (Å²) in [5.74, 6) is -1.29. The number of rotatable bonds is 0. The molecule has 3 rings (SSSR count). The highest BCUT2D eigenvalue weighted by molar-refractivity contribution is 6.30. The van der Waals surface area contributed by atoms with Crippen molar-refractivity contribution in [2.45, 2.75) is 6.92 Å². The lowest BCUT2D eigenvalue weighted by Gasteiger charge is -2.19. The van der Waals surface area contributed by atoms with E-state index >= 15 is 0 Å². The molecular formula is C15H10O4. The topological polar surface area (TPSA) is 74.6 Å². The third-order valence-electron chi connectivity index (χ3n) is 3.37. The van der Waals surface area contributed by atoms with Crippen LogP contribution >= 0.6 is 0 Å². The highest BCUT2D eigenvalue weighted by Gasteiger charge is 2.34. The smallest absolute Gasteiger partial charge is 0.198 e. The molecular weight excluding hydrogens is 244 g/mol. The van der Waals surface area contributed by atoms with Gasteiger partial charge in [0.2, 0.25) is 0 Å². The minimum atomic E-state index is -0.446. The van der Waals surface area contributed by atoms with E-state index in [9.17, 15) is 19.8 Å². The maximum Gasteiger partial charge on any atom is 0.198 e. The molecule has 1 aliphatic carbocycles. The summed E-state index contributed by atoms with van der Waals surface area (Å²) in [6.45, 7) is 1.66. The van der Waals surface area contributed by atoms with Crippen LogP contribution in [0.4, 0.5) is 0 Å². The van der Waals surface area contributed by atoms with Gasteiger partial charge < -0.3 is 10.2 Å². The van der Waals surface area contributed by atoms with Crippen molar-refractivity contribution >= 4 is 11.6 Å². The zero-order chi connectivity index (χ0) is 13.7. The maximum absolute atomic E-state index is 12.4. The number of phenolic OH excluding ortho intramolecular Hbond substituents is 2. The van der Waals surface area contributed by atoms with Gasteiger partial charge in [0.1, 0.15) is 11.5 Å². The first-order valence-electron chi connectivity index (χ1n) is 5.76. The Bertz CT molecular complexity index is 744. The molecule has 0 saturated carbocycles. The number of hydrogen-bond donors (Lipinski definition) is 2. The van der Waals surface area contributed by atoms with E-state index in [1.165, 1.54) is 24.3 Å². The van der Waals surface area contributed by atoms with E-state index in [1.54, 1.807) is 13.0 Å². The third-order valence-corrected chi connectivity index (χ3v) is 3.37. The van der Waals surface area contributed by atoms with Gasteiger partial charge in [-0.25, -0.2) is 0 Å². The largest absolute Gasteiger partial charge is 0.507 e. The van der Waals surface area contributed by atoms with Gasteiger partial charge in [0, 0.05) is 11.1 Å². The molecule has 2 aromatic rings. The molecule has 0 aromatic heterocycles. The molecule has 4 heteroatoms. The maximum atomic E-state index is 12.4. The molecule has 0 heterocycles. The lowest BCUT2D eigenvalue weighted by Crippen LogP contribution is -2.21. The first-order chi connectivity index (χ1) is 9.02. The molecule has 1 aliphatic rings. The second-order valence-electron chi connectivity index (χ2n) is 4.51. The fourth-order valence-corrected chi connectivity index (χ4v) is 2.35. The van der Waals surface area contributed by atoms with Crippen molar-refractivity contribution in [1.29, 1.82) is 0 Å². The second-order valence-corrected chi connectivity index (χ2v) is 4.51. The average molecular weight is 254 g/mol. The van der Waals surface area contributed by atoms with Crippen LogP contribution in [0.15, 0.2) is 30.3 Å². The van der Waals surface area contributed by atoms with E-state index < -0.39 is 11.6 Å². The van der Waals surface area contributed by atoms with E-state index in [0.717, 1.165) is 0 Å². The zero-order valence-corrected chi connectivity index (χ0v) is 10.1. The van der Waals surface area contributed by atoms with Crippen LogP contribution < -0.4 is 0 Å². The summed E-state index contributed by atoms with van der Waals surface area (Å²) in [7, 11) is 0. The molecule has 0 atom stereocenters. The van der Waals surface area contributed by atoms with Crippen molar-refractivity contribution in [3.8, 4) is 11.5 Å². The number of carbonyl (C=O) groups is 2. The fourth-order valence-electron chi connectivity index (χ4n) is 2.35. The van der Waals surface area contributed by atoms with Gasteiger partial charge >= 0.3 is 0 Å². The Morgan fingerprint density at radius 3 is 2.21 bits per heavy atom. The predicted octanol–water partition coefficient (Wildman–Crippen LogP) is 2.18. The van der Waals surface area contributed by atoms with Crippen molar-refractivity contribution in [2.24, 2.45) is 0 Å². The lowest BCUT2D eigenvalue weighted by atomic mass is 9.82. The minimum Gasteiger partial charge on any atom is -0.507 e. The SMILES string of the molecule is Cc1ccc2c(c1O)C(=O)c1cccc(O)c1C2=O. The van der Waals surface area contributed by atoms with E-state index in [0.29, 0.717) is 5.56 Å². The average Bonchev–Trinajstić information content (AvgIpc) is 2.39. The van der Waals surface area contributed by atoms with Gasteiger partial charge in [-0.3, -0.25) is 9.59 Å². The number of benzene rings is 2. The Balaban J connectivity index is 2.40. The lowest BCUT2D eigenvalue weighted by molar-refractivity contribution is 0.0974. The van der Waals surface area contributed by atoms with Gasteiger partial charge in [-0.2, -0.15) is 0 Å². The summed E-state index contributed by atoms with van der Waals surface area (Å²) in [4.78, 5) is 24.7. The molecule has 2 aromatic carbocycles. The summed E-state index contributed by atoms with van der Waals surface area (Å²) in [5, 5.41) is 19.7. The van der Waals surface area contributed by atoms with Crippen LogP contribution in [0, 0.1) is 6.92 Å². The molecule has 2 N–H and O–H groups in total. The van der Waals surface area contributed by atoms with Crippen LogP contribution in [-0.4, -0.2) is 21.8 Å². The van der Waals surface area contributed by atoms with Crippen molar-refractivity contribution in [3.63, 3.8) is 0 Å². The van der Waals surface area contributed by atoms with Gasteiger partial charge in [-0.15, -0.1) is 0 Å². The molecule has 4 nitrogen and oxygen atoms in total. The molecule has 0 fully saturated rings. The quantitative estimate of drug-likeness (QED) is 0.644. The minimum absolute atomic E-state index is 0.00301. The van der Waals surface area contributed by atoms with Gasteiger partial charge in [-0.05, 0) is 24.6 Å². The van der Waals surface area contributed by atoms with Gasteiger partial charge in [0.05, 0.1) is 11.1 Å². The Kier molecular flexibility index (Phi) is 2.22. The summed E-state index contributed by atoms with van der Waals surface area (Å²) in [5.41, 5.74) is 0.801. The number of aryl methyl sites for hydroxylation is 1. The molecule has 0 spiro atoms. The number of fused-ring (bicyclic) bond motifs is 2. The molecule has 0 radical (unpaired) electrons. The first-order valence-corrected chi connectivity index (χ1v) is 5.76. The molecule has 0 unspecified atom stereocenters. The highest BCUT2D eigenvalue weighted by atomic mass is 16.3. The fraction of sp³-hybridized carbons (Fsp3) is 0.0667. The Hall–Kier alpha value is -2.62. The predicted molar refractivity (Wildman–Crippen MR) is 67.8 cm³/mol. The van der Waals surface area contributed by atoms with Crippen molar-refractivity contribution in [2.75, 3.05) is 0 Å². The third kappa shape index (κ3) is 1.40. The summed E-state index contributed by atoms with van der Waals surface area (Å²) in [6.07, 6.45) is 0. The molecule has 19 heavy (non-hydrogen) atoms. The van der Waals surface area contributed by atoms with E-state index in [4.69, 9.17) is 0 Å².